The number of nitrogens with zero attached hydrogens (tertiary/aromatic N) is 4. The van der Waals surface area contributed by atoms with Crippen molar-refractivity contribution in [3.63, 3.8) is 0 Å². The SMILES string of the molecule is O=S(=O)(O)OCCS(=O)(=O)c1ccc(/N=N/c2cc(/N=N/c3ccc(S(=O)(=O)CCOSOOO)cc3)c(O)cc2O)c(OSOOO)c1. The molecule has 0 amide bonds. The van der Waals surface area contributed by atoms with Crippen LogP contribution in [0.2, 0.25) is 0 Å². The van der Waals surface area contributed by atoms with E-state index in [2.05, 4.69) is 43.4 Å². The first-order valence-corrected chi connectivity index (χ1v) is 18.4. The number of phenols is 2. The highest BCUT2D eigenvalue weighted by molar-refractivity contribution is 7.92. The van der Waals surface area contributed by atoms with E-state index in [1.807, 2.05) is 0 Å². The largest absolute Gasteiger partial charge is 0.505 e. The maximum Gasteiger partial charge on any atom is 0.397 e. The zero-order chi connectivity index (χ0) is 36.1. The summed E-state index contributed by atoms with van der Waals surface area (Å²) in [5.41, 5.74) is -0.480. The number of benzene rings is 3. The number of azo groups is 2. The van der Waals surface area contributed by atoms with Gasteiger partial charge >= 0.3 is 10.4 Å². The molecule has 0 fully saturated rings. The second kappa shape index (κ2) is 18.4. The van der Waals surface area contributed by atoms with Crippen LogP contribution in [0.3, 0.4) is 0 Å². The van der Waals surface area contributed by atoms with Crippen LogP contribution in [-0.2, 0) is 57.2 Å². The normalized spacial score (nSPS) is 12.6. The Kier molecular flexibility index (Phi) is 15.0. The Hall–Kier alpha value is -3.55. The molecule has 0 aliphatic carbocycles. The molecule has 49 heavy (non-hydrogen) atoms. The van der Waals surface area contributed by atoms with Crippen molar-refractivity contribution in [2.24, 2.45) is 20.5 Å². The van der Waals surface area contributed by atoms with Gasteiger partial charge in [0.1, 0.15) is 28.6 Å². The van der Waals surface area contributed by atoms with E-state index in [1.54, 1.807) is 0 Å². The lowest BCUT2D eigenvalue weighted by molar-refractivity contribution is -0.434. The quantitative estimate of drug-likeness (QED) is 0.0259. The van der Waals surface area contributed by atoms with Crippen LogP contribution in [-0.4, -0.2) is 75.3 Å². The lowest BCUT2D eigenvalue weighted by atomic mass is 10.2. The Morgan fingerprint density at radius 1 is 0.633 bits per heavy atom. The second-order valence-electron chi connectivity index (χ2n) is 8.57. The molecular formula is C22H22N4O18S5. The molecule has 3 aromatic rings. The van der Waals surface area contributed by atoms with Crippen molar-refractivity contribution in [3.05, 3.63) is 54.6 Å². The molecule has 0 saturated carbocycles. The third-order valence-corrected chi connectivity index (χ3v) is 9.98. The van der Waals surface area contributed by atoms with Crippen molar-refractivity contribution >= 4 is 77.5 Å². The van der Waals surface area contributed by atoms with Gasteiger partial charge in [-0.25, -0.2) is 31.5 Å². The Morgan fingerprint density at radius 3 is 1.82 bits per heavy atom. The fourth-order valence-electron chi connectivity index (χ4n) is 3.25. The molecule has 27 heteroatoms. The zero-order valence-electron chi connectivity index (χ0n) is 23.9. The van der Waals surface area contributed by atoms with Crippen molar-refractivity contribution in [3.8, 4) is 17.2 Å². The molecule has 0 spiro atoms. The summed E-state index contributed by atoms with van der Waals surface area (Å²) in [6, 6.07) is 10.2. The minimum atomic E-state index is -4.89. The van der Waals surface area contributed by atoms with Crippen LogP contribution < -0.4 is 4.18 Å². The predicted molar refractivity (Wildman–Crippen MR) is 164 cm³/mol. The molecule has 0 radical (unpaired) electrons. The monoisotopic (exact) mass is 790 g/mol. The molecule has 0 atom stereocenters. The third-order valence-electron chi connectivity index (χ3n) is 5.40. The van der Waals surface area contributed by atoms with Gasteiger partial charge in [-0.3, -0.25) is 8.74 Å². The average molecular weight is 791 g/mol. The molecule has 268 valence electrons. The van der Waals surface area contributed by atoms with Crippen molar-refractivity contribution < 1.29 is 81.8 Å². The van der Waals surface area contributed by atoms with Crippen LogP contribution in [0.1, 0.15) is 0 Å². The highest BCUT2D eigenvalue weighted by Gasteiger charge is 2.20. The molecule has 0 bridgehead atoms. The van der Waals surface area contributed by atoms with E-state index in [-0.39, 0.29) is 64.6 Å². The molecule has 3 rings (SSSR count). The summed E-state index contributed by atoms with van der Waals surface area (Å²) in [7, 11) is -12.9. The van der Waals surface area contributed by atoms with Crippen LogP contribution in [0, 0.1) is 0 Å². The molecule has 0 unspecified atom stereocenters. The summed E-state index contributed by atoms with van der Waals surface area (Å²) in [5, 5.41) is 59.1. The fourth-order valence-corrected chi connectivity index (χ4v) is 6.42. The molecule has 5 N–H and O–H groups in total. The number of phenolic OH excluding ortho intramolecular Hbond substituents is 2. The summed E-state index contributed by atoms with van der Waals surface area (Å²) in [6.07, 6.45) is 0. The van der Waals surface area contributed by atoms with Gasteiger partial charge < -0.3 is 14.4 Å². The van der Waals surface area contributed by atoms with Crippen LogP contribution >= 0.6 is 24.6 Å². The topological polar surface area (TPSA) is 318 Å². The van der Waals surface area contributed by atoms with E-state index in [0.717, 1.165) is 30.3 Å². The van der Waals surface area contributed by atoms with Gasteiger partial charge in [0.15, 0.2) is 37.7 Å². The molecular weight excluding hydrogens is 769 g/mol. The standard InChI is InChI=1S/C22H22N4O18S5/c27-20-13-21(28)19(12-18(20)25-23-14-1-3-15(4-2-14)47(31,32)9-7-38-45-43-41-29)26-24-17-6-5-16(11-22(17)40-46-44-42-30)48(33,34)10-8-39-49(35,36)37/h1-6,11-13,27-30H,7-10H2,(H,35,36,37)/b25-23+,26-24+. The third kappa shape index (κ3) is 13.0. The maximum atomic E-state index is 12.6. The Bertz CT molecular complexity index is 1960. The van der Waals surface area contributed by atoms with Crippen molar-refractivity contribution in [2.45, 2.75) is 9.79 Å². The maximum absolute atomic E-state index is 12.6. The molecule has 0 aliphatic heterocycles. The first kappa shape index (κ1) is 39.9. The summed E-state index contributed by atoms with van der Waals surface area (Å²) < 4.78 is 102. The smallest absolute Gasteiger partial charge is 0.397 e. The minimum Gasteiger partial charge on any atom is -0.505 e. The molecule has 0 saturated heterocycles. The molecule has 22 nitrogen and oxygen atoms in total. The highest BCUT2D eigenvalue weighted by Crippen LogP contribution is 2.41. The van der Waals surface area contributed by atoms with Gasteiger partial charge in [-0.1, -0.05) is 14.4 Å². The van der Waals surface area contributed by atoms with Gasteiger partial charge in [0.05, 0.1) is 40.2 Å². The van der Waals surface area contributed by atoms with Crippen LogP contribution in [0.4, 0.5) is 22.7 Å². The first-order chi connectivity index (χ1) is 23.1. The Morgan fingerprint density at radius 2 is 1.18 bits per heavy atom. The molecule has 0 aromatic heterocycles. The minimum absolute atomic E-state index is 0.0310. The lowest BCUT2D eigenvalue weighted by Crippen LogP contribution is -2.15. The van der Waals surface area contributed by atoms with Crippen LogP contribution in [0.5, 0.6) is 17.2 Å². The second-order valence-corrected chi connectivity index (χ2v) is 14.8. The summed E-state index contributed by atoms with van der Waals surface area (Å²) in [6.45, 7) is -1.19. The van der Waals surface area contributed by atoms with Crippen LogP contribution in [0.15, 0.2) is 84.8 Å². The summed E-state index contributed by atoms with van der Waals surface area (Å²) in [4.78, 5) is -0.483. The van der Waals surface area contributed by atoms with E-state index < -0.39 is 64.6 Å². The highest BCUT2D eigenvalue weighted by atomic mass is 32.3. The number of sulfone groups is 2. The number of hydrogen-bond donors (Lipinski definition) is 5. The fraction of sp³-hybridized carbons (Fsp3) is 0.182. The average Bonchev–Trinajstić information content (AvgIpc) is 3.03. The van der Waals surface area contributed by atoms with Gasteiger partial charge in [0.2, 0.25) is 0 Å². The number of rotatable bonds is 20. The van der Waals surface area contributed by atoms with E-state index in [9.17, 15) is 35.5 Å². The molecule has 0 heterocycles. The summed E-state index contributed by atoms with van der Waals surface area (Å²) in [5.74, 6) is -2.74. The van der Waals surface area contributed by atoms with Gasteiger partial charge in [0, 0.05) is 18.2 Å². The van der Waals surface area contributed by atoms with Crippen molar-refractivity contribution in [1.82, 2.24) is 0 Å². The van der Waals surface area contributed by atoms with Crippen molar-refractivity contribution in [2.75, 3.05) is 24.7 Å². The van der Waals surface area contributed by atoms with E-state index in [4.69, 9.17) is 23.4 Å². The Balaban J connectivity index is 1.80. The lowest BCUT2D eigenvalue weighted by Gasteiger charge is -2.09. The number of aromatic hydroxyl groups is 2. The van der Waals surface area contributed by atoms with E-state index >= 15 is 0 Å². The van der Waals surface area contributed by atoms with Crippen molar-refractivity contribution in [1.29, 1.82) is 0 Å². The predicted octanol–water partition coefficient (Wildman–Crippen LogP) is 4.66. The van der Waals surface area contributed by atoms with E-state index in [0.29, 0.717) is 0 Å². The van der Waals surface area contributed by atoms with Crippen LogP contribution in [0.25, 0.3) is 0 Å². The van der Waals surface area contributed by atoms with Gasteiger partial charge in [-0.15, -0.1) is 19.7 Å². The molecule has 3 aromatic carbocycles. The molecule has 0 aliphatic rings. The zero-order valence-corrected chi connectivity index (χ0v) is 28.0. The van der Waals surface area contributed by atoms with Gasteiger partial charge in [0.25, 0.3) is 12.3 Å². The van der Waals surface area contributed by atoms with Gasteiger partial charge in [-0.2, -0.15) is 13.5 Å². The first-order valence-electron chi connectivity index (χ1n) is 12.4. The van der Waals surface area contributed by atoms with Gasteiger partial charge in [-0.05, 0) is 36.4 Å². The van der Waals surface area contributed by atoms with E-state index in [1.165, 1.54) is 24.3 Å². The Labute approximate surface area is 285 Å². The number of hydrogen-bond acceptors (Lipinski definition) is 23. The summed E-state index contributed by atoms with van der Waals surface area (Å²) >= 11 is 0.260.